The quantitative estimate of drug-likeness (QED) is 0.747. The van der Waals surface area contributed by atoms with E-state index in [1.807, 2.05) is 24.4 Å². The fourth-order valence-corrected chi connectivity index (χ4v) is 3.96. The van der Waals surface area contributed by atoms with Gasteiger partial charge in [0.25, 0.3) is 0 Å². The standard InChI is InChI=1S/C12H10N4S3/c13-12-16-15-11(19-12)9-6-14-10(18-9)7-17-8-4-2-1-3-5-8/h1-6H,7H2,(H2,13,16). The molecule has 7 heteroatoms. The van der Waals surface area contributed by atoms with E-state index in [-0.39, 0.29) is 0 Å². The van der Waals surface area contributed by atoms with Crippen LogP contribution in [0.1, 0.15) is 5.01 Å². The number of thiazole rings is 1. The van der Waals surface area contributed by atoms with Gasteiger partial charge in [-0.25, -0.2) is 4.98 Å². The molecular formula is C12H10N4S3. The van der Waals surface area contributed by atoms with Crippen molar-refractivity contribution in [3.05, 3.63) is 41.5 Å². The predicted molar refractivity (Wildman–Crippen MR) is 81.4 cm³/mol. The highest BCUT2D eigenvalue weighted by molar-refractivity contribution is 7.98. The predicted octanol–water partition coefficient (Wildman–Crippen LogP) is 3.54. The Morgan fingerprint density at radius 3 is 2.68 bits per heavy atom. The topological polar surface area (TPSA) is 64.7 Å². The zero-order chi connectivity index (χ0) is 13.1. The Kier molecular flexibility index (Phi) is 3.77. The van der Waals surface area contributed by atoms with E-state index in [2.05, 4.69) is 27.3 Å². The van der Waals surface area contributed by atoms with E-state index < -0.39 is 0 Å². The molecule has 0 saturated carbocycles. The summed E-state index contributed by atoms with van der Waals surface area (Å²) in [4.78, 5) is 6.69. The summed E-state index contributed by atoms with van der Waals surface area (Å²) in [5.41, 5.74) is 5.58. The molecule has 0 aliphatic heterocycles. The van der Waals surface area contributed by atoms with E-state index in [4.69, 9.17) is 5.73 Å². The van der Waals surface area contributed by atoms with Gasteiger partial charge in [-0.15, -0.1) is 33.3 Å². The van der Waals surface area contributed by atoms with E-state index >= 15 is 0 Å². The van der Waals surface area contributed by atoms with Crippen LogP contribution in [0.15, 0.2) is 41.4 Å². The molecule has 0 aliphatic rings. The van der Waals surface area contributed by atoms with Crippen molar-refractivity contribution in [2.45, 2.75) is 10.6 Å². The van der Waals surface area contributed by atoms with Gasteiger partial charge in [0.05, 0.1) is 10.6 Å². The molecule has 0 amide bonds. The molecule has 0 spiro atoms. The maximum atomic E-state index is 5.58. The van der Waals surface area contributed by atoms with Gasteiger partial charge in [-0.3, -0.25) is 0 Å². The van der Waals surface area contributed by atoms with Crippen LogP contribution in [0, 0.1) is 0 Å². The van der Waals surface area contributed by atoms with Crippen molar-refractivity contribution in [3.8, 4) is 9.88 Å². The van der Waals surface area contributed by atoms with Crippen LogP contribution < -0.4 is 5.73 Å². The zero-order valence-corrected chi connectivity index (χ0v) is 12.3. The van der Waals surface area contributed by atoms with Gasteiger partial charge in [-0.05, 0) is 12.1 Å². The third-order valence-electron chi connectivity index (χ3n) is 2.31. The van der Waals surface area contributed by atoms with Crippen LogP contribution in [0.25, 0.3) is 9.88 Å². The van der Waals surface area contributed by atoms with Gasteiger partial charge in [0, 0.05) is 11.1 Å². The maximum absolute atomic E-state index is 5.58. The monoisotopic (exact) mass is 306 g/mol. The van der Waals surface area contributed by atoms with Gasteiger partial charge in [0.2, 0.25) is 5.13 Å². The van der Waals surface area contributed by atoms with E-state index in [0.29, 0.717) is 5.13 Å². The number of nitrogens with two attached hydrogens (primary N) is 1. The van der Waals surface area contributed by atoms with Crippen LogP contribution in [-0.4, -0.2) is 15.2 Å². The van der Waals surface area contributed by atoms with Crippen LogP contribution >= 0.6 is 34.4 Å². The zero-order valence-electron chi connectivity index (χ0n) is 9.81. The molecule has 3 aromatic rings. The molecule has 0 unspecified atom stereocenters. The first kappa shape index (κ1) is 12.6. The lowest BCUT2D eigenvalue weighted by Gasteiger charge is -1.97. The largest absolute Gasteiger partial charge is 0.374 e. The molecule has 0 aliphatic carbocycles. The van der Waals surface area contributed by atoms with Crippen molar-refractivity contribution in [2.75, 3.05) is 5.73 Å². The Balaban J connectivity index is 1.68. The highest BCUT2D eigenvalue weighted by Gasteiger charge is 2.09. The molecule has 0 saturated heterocycles. The first-order chi connectivity index (χ1) is 9.31. The Labute approximate surface area is 122 Å². The molecule has 2 aromatic heterocycles. The van der Waals surface area contributed by atoms with Gasteiger partial charge in [-0.1, -0.05) is 29.5 Å². The van der Waals surface area contributed by atoms with Crippen LogP contribution in [0.4, 0.5) is 5.13 Å². The first-order valence-corrected chi connectivity index (χ1v) is 8.15. The Morgan fingerprint density at radius 1 is 1.11 bits per heavy atom. The minimum Gasteiger partial charge on any atom is -0.374 e. The highest BCUT2D eigenvalue weighted by Crippen LogP contribution is 2.32. The van der Waals surface area contributed by atoms with Crippen molar-refractivity contribution in [3.63, 3.8) is 0 Å². The van der Waals surface area contributed by atoms with E-state index in [1.165, 1.54) is 16.2 Å². The Morgan fingerprint density at radius 2 is 1.95 bits per heavy atom. The molecule has 0 bridgehead atoms. The summed E-state index contributed by atoms with van der Waals surface area (Å²) in [6.07, 6.45) is 1.84. The fourth-order valence-electron chi connectivity index (χ4n) is 1.47. The number of nitrogen functional groups attached to an aromatic ring is 1. The van der Waals surface area contributed by atoms with Crippen molar-refractivity contribution < 1.29 is 0 Å². The molecule has 19 heavy (non-hydrogen) atoms. The second-order valence-corrected chi connectivity index (χ2v) is 6.84. The molecule has 2 N–H and O–H groups in total. The summed E-state index contributed by atoms with van der Waals surface area (Å²) in [6, 6.07) is 10.3. The summed E-state index contributed by atoms with van der Waals surface area (Å²) in [7, 11) is 0. The van der Waals surface area contributed by atoms with E-state index in [0.717, 1.165) is 20.6 Å². The third-order valence-corrected chi connectivity index (χ3v) is 5.44. The van der Waals surface area contributed by atoms with E-state index in [9.17, 15) is 0 Å². The summed E-state index contributed by atoms with van der Waals surface area (Å²) >= 11 is 4.80. The van der Waals surface area contributed by atoms with E-state index in [1.54, 1.807) is 23.1 Å². The van der Waals surface area contributed by atoms with Crippen LogP contribution in [0.5, 0.6) is 0 Å². The molecule has 3 rings (SSSR count). The number of aromatic nitrogens is 3. The normalized spacial score (nSPS) is 10.7. The highest BCUT2D eigenvalue weighted by atomic mass is 32.2. The molecule has 96 valence electrons. The van der Waals surface area contributed by atoms with Gasteiger partial charge in [-0.2, -0.15) is 0 Å². The van der Waals surface area contributed by atoms with Crippen molar-refractivity contribution in [1.29, 1.82) is 0 Å². The number of benzene rings is 1. The molecule has 4 nitrogen and oxygen atoms in total. The van der Waals surface area contributed by atoms with Gasteiger partial charge >= 0.3 is 0 Å². The molecule has 0 radical (unpaired) electrons. The van der Waals surface area contributed by atoms with Gasteiger partial charge in [0.15, 0.2) is 5.01 Å². The smallest absolute Gasteiger partial charge is 0.203 e. The van der Waals surface area contributed by atoms with Crippen molar-refractivity contribution in [1.82, 2.24) is 15.2 Å². The average Bonchev–Trinajstić information content (AvgIpc) is 3.06. The number of hydrogen-bond donors (Lipinski definition) is 1. The maximum Gasteiger partial charge on any atom is 0.203 e. The SMILES string of the molecule is Nc1nnc(-c2cnc(CSc3ccccc3)s2)s1. The summed E-state index contributed by atoms with van der Waals surface area (Å²) in [5, 5.41) is 10.3. The number of nitrogens with zero attached hydrogens (tertiary/aromatic N) is 3. The van der Waals surface area contributed by atoms with Crippen molar-refractivity contribution >= 4 is 39.6 Å². The molecule has 2 heterocycles. The first-order valence-electron chi connectivity index (χ1n) is 5.53. The lowest BCUT2D eigenvalue weighted by atomic mass is 10.4. The fraction of sp³-hybridized carbons (Fsp3) is 0.0833. The summed E-state index contributed by atoms with van der Waals surface area (Å²) in [5.74, 6) is 0.864. The minimum atomic E-state index is 0.489. The van der Waals surface area contributed by atoms with Crippen LogP contribution in [0.2, 0.25) is 0 Å². The molecule has 0 fully saturated rings. The van der Waals surface area contributed by atoms with Gasteiger partial charge < -0.3 is 5.73 Å². The Bertz CT molecular complexity index is 662. The lowest BCUT2D eigenvalue weighted by Crippen LogP contribution is -1.79. The average molecular weight is 306 g/mol. The number of thioether (sulfide) groups is 1. The molecular weight excluding hydrogens is 296 g/mol. The number of hydrogen-bond acceptors (Lipinski definition) is 7. The summed E-state index contributed by atoms with van der Waals surface area (Å²) < 4.78 is 0. The van der Waals surface area contributed by atoms with Gasteiger partial charge in [0.1, 0.15) is 5.01 Å². The molecule has 1 aromatic carbocycles. The number of anilines is 1. The van der Waals surface area contributed by atoms with Crippen molar-refractivity contribution in [2.24, 2.45) is 0 Å². The summed E-state index contributed by atoms with van der Waals surface area (Å²) in [6.45, 7) is 0. The van der Waals surface area contributed by atoms with Crippen LogP contribution in [0.3, 0.4) is 0 Å². The number of rotatable bonds is 4. The second kappa shape index (κ2) is 5.68. The molecule has 0 atom stereocenters. The minimum absolute atomic E-state index is 0.489. The Hall–Kier alpha value is -1.44. The lowest BCUT2D eigenvalue weighted by molar-refractivity contribution is 1.10. The second-order valence-electron chi connectivity index (χ2n) is 3.67. The third kappa shape index (κ3) is 3.12. The van der Waals surface area contributed by atoms with Crippen LogP contribution in [-0.2, 0) is 5.75 Å².